The zero-order valence-corrected chi connectivity index (χ0v) is 22.0. The number of urea groups is 1. The topological polar surface area (TPSA) is 74.8 Å². The minimum absolute atomic E-state index is 0.0702. The Bertz CT molecular complexity index is 1040. The fraction of sp³-hybridized carbons (Fsp3) is 0.741. The molecule has 3 heterocycles. The summed E-state index contributed by atoms with van der Waals surface area (Å²) in [6.45, 7) is 7.39. The second-order valence-electron chi connectivity index (χ2n) is 11.9. The summed E-state index contributed by atoms with van der Waals surface area (Å²) in [5.41, 5.74) is 1.51. The first-order valence-electron chi connectivity index (χ1n) is 13.4. The number of carbonyl (C=O) groups excluding carboxylic acids is 2. The van der Waals surface area contributed by atoms with Crippen molar-refractivity contribution in [1.82, 2.24) is 14.8 Å². The summed E-state index contributed by atoms with van der Waals surface area (Å²) in [6.07, 6.45) is 11.3. The first-order valence-corrected chi connectivity index (χ1v) is 14.2. The smallest absolute Gasteiger partial charge is 0.323 e. The molecule has 2 aliphatic heterocycles. The molecule has 7 nitrogen and oxygen atoms in total. The van der Waals surface area contributed by atoms with Gasteiger partial charge in [-0.15, -0.1) is 11.3 Å². The number of hydrogen-bond acceptors (Lipinski definition) is 5. The molecule has 0 aromatic carbocycles. The predicted molar refractivity (Wildman–Crippen MR) is 136 cm³/mol. The highest BCUT2D eigenvalue weighted by Crippen LogP contribution is 2.67. The molecule has 4 fully saturated rings. The minimum Gasteiger partial charge on any atom is -0.378 e. The van der Waals surface area contributed by atoms with Crippen LogP contribution in [0.15, 0.2) is 17.5 Å². The number of morpholine rings is 1. The van der Waals surface area contributed by atoms with Crippen molar-refractivity contribution in [3.8, 4) is 0 Å². The van der Waals surface area contributed by atoms with Gasteiger partial charge < -0.3 is 14.5 Å². The first kappa shape index (κ1) is 23.5. The number of anilines is 1. The van der Waals surface area contributed by atoms with E-state index in [-0.39, 0.29) is 22.8 Å². The molecule has 35 heavy (non-hydrogen) atoms. The molecule has 1 saturated heterocycles. The van der Waals surface area contributed by atoms with Crippen molar-refractivity contribution in [2.45, 2.75) is 64.3 Å². The zero-order chi connectivity index (χ0) is 24.4. The van der Waals surface area contributed by atoms with E-state index in [2.05, 4.69) is 30.6 Å². The van der Waals surface area contributed by atoms with Crippen molar-refractivity contribution >= 4 is 28.4 Å². The monoisotopic (exact) mass is 498 g/mol. The summed E-state index contributed by atoms with van der Waals surface area (Å²) in [5.74, 6) is 2.67. The second kappa shape index (κ2) is 8.58. The molecule has 0 bridgehead atoms. The quantitative estimate of drug-likeness (QED) is 0.640. The average Bonchev–Trinajstić information content (AvgIpc) is 3.45. The number of hydrogen-bond donors (Lipinski definition) is 1. The van der Waals surface area contributed by atoms with Gasteiger partial charge >= 0.3 is 6.03 Å². The van der Waals surface area contributed by atoms with Crippen LogP contribution in [0.25, 0.3) is 0 Å². The number of ether oxygens (including phenoxy) is 1. The van der Waals surface area contributed by atoms with E-state index in [1.165, 1.54) is 37.8 Å². The highest BCUT2D eigenvalue weighted by molar-refractivity contribution is 7.13. The van der Waals surface area contributed by atoms with Crippen LogP contribution in [0.4, 0.5) is 9.93 Å². The van der Waals surface area contributed by atoms with E-state index < -0.39 is 0 Å². The Labute approximate surface area is 212 Å². The fourth-order valence-electron chi connectivity index (χ4n) is 8.66. The Kier molecular flexibility index (Phi) is 5.75. The highest BCUT2D eigenvalue weighted by atomic mass is 32.1. The van der Waals surface area contributed by atoms with Crippen molar-refractivity contribution in [1.29, 1.82) is 0 Å². The van der Waals surface area contributed by atoms with Crippen LogP contribution in [0.2, 0.25) is 0 Å². The van der Waals surface area contributed by atoms with E-state index in [0.29, 0.717) is 61.1 Å². The Morgan fingerprint density at radius 3 is 2.74 bits per heavy atom. The number of nitrogens with one attached hydrogen (secondary N) is 1. The van der Waals surface area contributed by atoms with E-state index in [1.807, 2.05) is 18.0 Å². The minimum atomic E-state index is -0.0702. The second-order valence-corrected chi connectivity index (χ2v) is 12.8. The van der Waals surface area contributed by atoms with Gasteiger partial charge in [-0.3, -0.25) is 10.1 Å². The van der Waals surface area contributed by atoms with Gasteiger partial charge in [-0.2, -0.15) is 0 Å². The Morgan fingerprint density at radius 1 is 1.14 bits per heavy atom. The van der Waals surface area contributed by atoms with Gasteiger partial charge in [0.05, 0.1) is 18.9 Å². The summed E-state index contributed by atoms with van der Waals surface area (Å²) in [5, 5.41) is 5.92. The summed E-state index contributed by atoms with van der Waals surface area (Å²) in [6, 6.07) is 0.262. The molecule has 3 amide bonds. The van der Waals surface area contributed by atoms with Crippen LogP contribution >= 0.6 is 11.3 Å². The van der Waals surface area contributed by atoms with E-state index >= 15 is 0 Å². The maximum atomic E-state index is 12.6. The van der Waals surface area contributed by atoms with E-state index in [9.17, 15) is 9.59 Å². The molecule has 7 atom stereocenters. The number of rotatable bonds is 2. The van der Waals surface area contributed by atoms with Crippen molar-refractivity contribution in [2.75, 3.05) is 38.7 Å². The van der Waals surface area contributed by atoms with Crippen LogP contribution in [0.1, 0.15) is 64.0 Å². The van der Waals surface area contributed by atoms with E-state index in [0.717, 1.165) is 6.42 Å². The molecule has 6 rings (SSSR count). The molecule has 190 valence electrons. The maximum Gasteiger partial charge on any atom is 0.323 e. The number of fused-ring (bicyclic) bond motifs is 5. The lowest BCUT2D eigenvalue weighted by atomic mass is 9.47. The third kappa shape index (κ3) is 3.66. The SMILES string of the molecule is CN1C(=O)C=C[C@@]2(C)C1CC[C@@H]1[C@H]2CC[C@]2(C)C(c3csc(NC(=O)N4CCOCC4)n3)CC[C@@H]12. The standard InChI is InChI=1S/C27H38N4O3S/c1-26-10-8-19-17(4-7-22-27(19,2)11-9-23(32)30(22)3)18(26)5-6-20(26)21-16-35-24(28-21)29-25(33)31-12-14-34-15-13-31/h9,11,16-20,22H,4-8,10,12-15H2,1-3H3,(H,28,29,33)/t17-,18-,19+,20?,22?,26-,27+/m0/s1. The largest absolute Gasteiger partial charge is 0.378 e. The Balaban J connectivity index is 1.19. The van der Waals surface area contributed by atoms with Crippen molar-refractivity contribution < 1.29 is 14.3 Å². The lowest BCUT2D eigenvalue weighted by Crippen LogP contribution is -2.59. The van der Waals surface area contributed by atoms with Gasteiger partial charge in [0.15, 0.2) is 5.13 Å². The first-order chi connectivity index (χ1) is 16.8. The molecule has 2 unspecified atom stereocenters. The van der Waals surface area contributed by atoms with Crippen LogP contribution in [0, 0.1) is 28.6 Å². The molecule has 0 spiro atoms. The normalized spacial score (nSPS) is 40.8. The molecule has 1 aromatic heterocycles. The molecule has 3 aliphatic carbocycles. The van der Waals surface area contributed by atoms with Crippen molar-refractivity contribution in [3.05, 3.63) is 23.2 Å². The third-order valence-corrected chi connectivity index (χ3v) is 11.3. The maximum absolute atomic E-state index is 12.6. The number of amides is 3. The summed E-state index contributed by atoms with van der Waals surface area (Å²) in [4.78, 5) is 33.7. The van der Waals surface area contributed by atoms with Crippen molar-refractivity contribution in [3.63, 3.8) is 0 Å². The van der Waals surface area contributed by atoms with Gasteiger partial charge in [0.1, 0.15) is 0 Å². The lowest BCUT2D eigenvalue weighted by molar-refractivity contribution is -0.138. The Morgan fingerprint density at radius 2 is 1.94 bits per heavy atom. The van der Waals surface area contributed by atoms with Crippen LogP contribution in [-0.4, -0.2) is 66.1 Å². The van der Waals surface area contributed by atoms with Crippen molar-refractivity contribution in [2.24, 2.45) is 28.6 Å². The molecule has 1 N–H and O–H groups in total. The van der Waals surface area contributed by atoms with Crippen LogP contribution in [-0.2, 0) is 9.53 Å². The molecule has 5 aliphatic rings. The molecule has 8 heteroatoms. The Hall–Kier alpha value is -1.93. The van der Waals surface area contributed by atoms with Gasteiger partial charge in [-0.1, -0.05) is 19.9 Å². The van der Waals surface area contributed by atoms with Crippen LogP contribution in [0.3, 0.4) is 0 Å². The van der Waals surface area contributed by atoms with Crippen LogP contribution < -0.4 is 5.32 Å². The van der Waals surface area contributed by atoms with Crippen LogP contribution in [0.5, 0.6) is 0 Å². The average molecular weight is 499 g/mol. The molecular weight excluding hydrogens is 460 g/mol. The van der Waals surface area contributed by atoms with Gasteiger partial charge in [0.2, 0.25) is 5.91 Å². The zero-order valence-electron chi connectivity index (χ0n) is 21.2. The number of aromatic nitrogens is 1. The molecule has 3 saturated carbocycles. The summed E-state index contributed by atoms with van der Waals surface area (Å²) < 4.78 is 5.36. The van der Waals surface area contributed by atoms with Gasteiger partial charge in [-0.25, -0.2) is 9.78 Å². The molecule has 1 aromatic rings. The molecular formula is C27H38N4O3S. The highest BCUT2D eigenvalue weighted by Gasteiger charge is 2.60. The summed E-state index contributed by atoms with van der Waals surface area (Å²) >= 11 is 1.56. The number of carbonyl (C=O) groups is 2. The van der Waals surface area contributed by atoms with E-state index in [1.54, 1.807) is 16.2 Å². The van der Waals surface area contributed by atoms with Gasteiger partial charge in [0.25, 0.3) is 0 Å². The van der Waals surface area contributed by atoms with Gasteiger partial charge in [-0.05, 0) is 67.8 Å². The van der Waals surface area contributed by atoms with E-state index in [4.69, 9.17) is 9.72 Å². The lowest BCUT2D eigenvalue weighted by Gasteiger charge is -2.60. The number of likely N-dealkylation sites (N-methyl/N-ethyl adjacent to an activating group) is 1. The number of thiazole rings is 1. The fourth-order valence-corrected chi connectivity index (χ4v) is 9.42. The summed E-state index contributed by atoms with van der Waals surface area (Å²) in [7, 11) is 1.99. The van der Waals surface area contributed by atoms with Gasteiger partial charge in [0, 0.05) is 42.9 Å². The third-order valence-electron chi connectivity index (χ3n) is 10.5. The predicted octanol–water partition coefficient (Wildman–Crippen LogP) is 4.73. The number of nitrogens with zero attached hydrogens (tertiary/aromatic N) is 3. The molecule has 0 radical (unpaired) electrons.